The first-order valence-electron chi connectivity index (χ1n) is 3.39. The average Bonchev–Trinajstić information content (AvgIpc) is 2.04. The Balaban J connectivity index is 2.54. The highest BCUT2D eigenvalue weighted by Crippen LogP contribution is 2.06. The van der Waals surface area contributed by atoms with Crippen molar-refractivity contribution in [1.82, 2.24) is 5.32 Å². The summed E-state index contributed by atoms with van der Waals surface area (Å²) in [6.45, 7) is 0.974. The quantitative estimate of drug-likeness (QED) is 0.361. The number of nitrogens with one attached hydrogen (secondary N) is 1. The second-order valence-electron chi connectivity index (χ2n) is 2.41. The van der Waals surface area contributed by atoms with E-state index in [9.17, 15) is 9.59 Å². The van der Waals surface area contributed by atoms with Gasteiger partial charge < -0.3 is 10.2 Å². The van der Waals surface area contributed by atoms with Crippen molar-refractivity contribution in [3.05, 3.63) is 0 Å². The van der Waals surface area contributed by atoms with Gasteiger partial charge in [0.1, 0.15) is 11.7 Å². The molecule has 0 aromatic rings. The lowest BCUT2D eigenvalue weighted by molar-refractivity contribution is -0.153. The summed E-state index contributed by atoms with van der Waals surface area (Å²) < 4.78 is 0. The van der Waals surface area contributed by atoms with Gasteiger partial charge in [0, 0.05) is 19.5 Å². The van der Waals surface area contributed by atoms with E-state index < -0.39 is 11.9 Å². The number of carbonyl (C=O) groups is 2. The highest BCUT2D eigenvalue weighted by molar-refractivity contribution is 5.99. The van der Waals surface area contributed by atoms with Crippen LogP contribution in [0.5, 0.6) is 0 Å². The summed E-state index contributed by atoms with van der Waals surface area (Å²) >= 11 is 0. The predicted molar refractivity (Wildman–Crippen MR) is 36.3 cm³/mol. The van der Waals surface area contributed by atoms with Gasteiger partial charge in [0.15, 0.2) is 0 Å². The molecule has 0 amide bonds. The lowest BCUT2D eigenvalue weighted by Crippen LogP contribution is -2.42. The summed E-state index contributed by atoms with van der Waals surface area (Å²) in [7, 11) is 0. The highest BCUT2D eigenvalue weighted by Gasteiger charge is 2.29. The second kappa shape index (κ2) is 3.45. The lowest BCUT2D eigenvalue weighted by Gasteiger charge is -2.18. The molecule has 3 N–H and O–H groups in total. The summed E-state index contributed by atoms with van der Waals surface area (Å²) in [5.74, 6) is 3.19. The zero-order chi connectivity index (χ0) is 8.27. The molecule has 5 nitrogen and oxygen atoms in total. The fourth-order valence-electron chi connectivity index (χ4n) is 1.04. The minimum absolute atomic E-state index is 0.0980. The molecule has 1 atom stereocenters. The molecule has 1 saturated heterocycles. The standard InChI is InChI=1S/C6H10N2O3/c7-11-6(10)4-3-8-2-1-5(4)9/h4,8H,1-3,7H2. The third kappa shape index (κ3) is 1.75. The lowest BCUT2D eigenvalue weighted by atomic mass is 9.98. The van der Waals surface area contributed by atoms with Crippen molar-refractivity contribution in [1.29, 1.82) is 0 Å². The Bertz CT molecular complexity index is 173. The van der Waals surface area contributed by atoms with Crippen molar-refractivity contribution >= 4 is 11.8 Å². The first-order chi connectivity index (χ1) is 5.25. The number of ketones is 1. The molecular weight excluding hydrogens is 148 g/mol. The minimum atomic E-state index is -0.700. The van der Waals surface area contributed by atoms with E-state index in [1.807, 2.05) is 0 Å². The van der Waals surface area contributed by atoms with Gasteiger partial charge in [-0.1, -0.05) is 0 Å². The second-order valence-corrected chi connectivity index (χ2v) is 2.41. The van der Waals surface area contributed by atoms with Crippen LogP contribution in [0.25, 0.3) is 0 Å². The van der Waals surface area contributed by atoms with Crippen molar-refractivity contribution in [2.45, 2.75) is 6.42 Å². The first-order valence-corrected chi connectivity index (χ1v) is 3.39. The molecule has 1 unspecified atom stereocenters. The van der Waals surface area contributed by atoms with Crippen LogP contribution in [0.1, 0.15) is 6.42 Å². The van der Waals surface area contributed by atoms with Gasteiger partial charge in [-0.05, 0) is 0 Å². The van der Waals surface area contributed by atoms with Gasteiger partial charge in [-0.15, -0.1) is 0 Å². The van der Waals surface area contributed by atoms with Crippen LogP contribution in [0.4, 0.5) is 0 Å². The molecule has 0 aromatic carbocycles. The maximum atomic E-state index is 11.0. The van der Waals surface area contributed by atoms with E-state index in [0.29, 0.717) is 19.5 Å². The van der Waals surface area contributed by atoms with E-state index in [-0.39, 0.29) is 5.78 Å². The van der Waals surface area contributed by atoms with Crippen molar-refractivity contribution in [3.8, 4) is 0 Å². The molecule has 0 bridgehead atoms. The van der Waals surface area contributed by atoms with Gasteiger partial charge in [0.25, 0.3) is 0 Å². The Morgan fingerprint density at radius 1 is 1.73 bits per heavy atom. The number of nitrogens with two attached hydrogens (primary N) is 1. The third-order valence-corrected chi connectivity index (χ3v) is 1.69. The van der Waals surface area contributed by atoms with Crippen molar-refractivity contribution in [2.75, 3.05) is 13.1 Å². The zero-order valence-corrected chi connectivity index (χ0v) is 6.00. The molecule has 0 radical (unpaired) electrons. The van der Waals surface area contributed by atoms with Gasteiger partial charge in [-0.2, -0.15) is 5.90 Å². The third-order valence-electron chi connectivity index (χ3n) is 1.69. The van der Waals surface area contributed by atoms with Gasteiger partial charge in [0.2, 0.25) is 0 Å². The van der Waals surface area contributed by atoms with E-state index in [4.69, 9.17) is 0 Å². The highest BCUT2D eigenvalue weighted by atomic mass is 16.7. The molecule has 1 aliphatic rings. The van der Waals surface area contributed by atoms with Crippen molar-refractivity contribution < 1.29 is 14.4 Å². The van der Waals surface area contributed by atoms with Gasteiger partial charge in [-0.3, -0.25) is 4.79 Å². The molecule has 62 valence electrons. The van der Waals surface area contributed by atoms with Crippen LogP contribution in [0.15, 0.2) is 0 Å². The molecule has 5 heteroatoms. The summed E-state index contributed by atoms with van der Waals surface area (Å²) in [5, 5.41) is 2.90. The van der Waals surface area contributed by atoms with Crippen molar-refractivity contribution in [2.24, 2.45) is 11.8 Å². The van der Waals surface area contributed by atoms with Crippen LogP contribution in [-0.2, 0) is 14.4 Å². The van der Waals surface area contributed by atoms with Crippen molar-refractivity contribution in [3.63, 3.8) is 0 Å². The van der Waals surface area contributed by atoms with E-state index in [1.165, 1.54) is 0 Å². The van der Waals surface area contributed by atoms with Crippen LogP contribution in [0, 0.1) is 5.92 Å². The summed E-state index contributed by atoms with van der Waals surface area (Å²) in [5.41, 5.74) is 0. The maximum Gasteiger partial charge on any atom is 0.336 e. The van der Waals surface area contributed by atoms with E-state index >= 15 is 0 Å². The largest absolute Gasteiger partial charge is 0.373 e. The number of Topliss-reactive ketones (excluding diaryl/α,β-unsaturated/α-hetero) is 1. The maximum absolute atomic E-state index is 11.0. The molecule has 0 aromatic heterocycles. The molecule has 1 heterocycles. The molecule has 0 aliphatic carbocycles. The SMILES string of the molecule is NOC(=O)C1CNCCC1=O. The molecule has 1 rings (SSSR count). The molecular formula is C6H10N2O3. The van der Waals surface area contributed by atoms with Crippen LogP contribution >= 0.6 is 0 Å². The molecule has 11 heavy (non-hydrogen) atoms. The van der Waals surface area contributed by atoms with Crippen LogP contribution < -0.4 is 11.2 Å². The summed E-state index contributed by atoms with van der Waals surface area (Å²) in [6, 6.07) is 0. The Labute approximate surface area is 63.8 Å². The average molecular weight is 158 g/mol. The Morgan fingerprint density at radius 2 is 2.45 bits per heavy atom. The normalized spacial score (nSPS) is 24.8. The van der Waals surface area contributed by atoms with Gasteiger partial charge in [-0.25, -0.2) is 4.79 Å². The monoisotopic (exact) mass is 158 g/mol. The van der Waals surface area contributed by atoms with E-state index in [2.05, 4.69) is 16.1 Å². The van der Waals surface area contributed by atoms with Crippen LogP contribution in [-0.4, -0.2) is 24.8 Å². The fraction of sp³-hybridized carbons (Fsp3) is 0.667. The Morgan fingerprint density at radius 3 is 3.00 bits per heavy atom. The summed E-state index contributed by atoms with van der Waals surface area (Å²) in [4.78, 5) is 25.7. The van der Waals surface area contributed by atoms with Gasteiger partial charge in [0.05, 0.1) is 0 Å². The van der Waals surface area contributed by atoms with Crippen LogP contribution in [0.2, 0.25) is 0 Å². The molecule has 0 spiro atoms. The van der Waals surface area contributed by atoms with Crippen LogP contribution in [0.3, 0.4) is 0 Å². The van der Waals surface area contributed by atoms with Gasteiger partial charge >= 0.3 is 5.97 Å². The minimum Gasteiger partial charge on any atom is -0.373 e. The Kier molecular flexibility index (Phi) is 2.56. The summed E-state index contributed by atoms with van der Waals surface area (Å²) in [6.07, 6.45) is 0.375. The number of hydrogen-bond acceptors (Lipinski definition) is 5. The Hall–Kier alpha value is -0.940. The zero-order valence-electron chi connectivity index (χ0n) is 6.00. The fourth-order valence-corrected chi connectivity index (χ4v) is 1.04. The number of piperidine rings is 1. The smallest absolute Gasteiger partial charge is 0.336 e. The number of rotatable bonds is 1. The molecule has 1 aliphatic heterocycles. The molecule has 1 fully saturated rings. The van der Waals surface area contributed by atoms with E-state index in [0.717, 1.165) is 0 Å². The number of hydrogen-bond donors (Lipinski definition) is 2. The number of carbonyl (C=O) groups excluding carboxylic acids is 2. The predicted octanol–water partition coefficient (Wildman–Crippen LogP) is -1.42. The first kappa shape index (κ1) is 8.16. The van der Waals surface area contributed by atoms with E-state index in [1.54, 1.807) is 0 Å². The molecule has 0 saturated carbocycles. The topological polar surface area (TPSA) is 81.4 Å².